The molecule has 1 amide bonds. The molecular weight excluding hydrogens is 422 g/mol. The number of nitrogens with one attached hydrogen (secondary N) is 2. The maximum absolute atomic E-state index is 13.4. The van der Waals surface area contributed by atoms with E-state index in [0.717, 1.165) is 17.0 Å². The van der Waals surface area contributed by atoms with Gasteiger partial charge in [-0.05, 0) is 36.1 Å². The Morgan fingerprint density at radius 1 is 1.07 bits per heavy atom. The highest BCUT2D eigenvalue weighted by atomic mass is 32.2. The molecule has 2 N–H and O–H groups in total. The maximum atomic E-state index is 13.4. The molecule has 2 fully saturated rings. The lowest BCUT2D eigenvalue weighted by atomic mass is 10.1. The minimum Gasteiger partial charge on any atom is -0.339 e. The second-order valence-corrected chi connectivity index (χ2v) is 9.87. The number of nitrogens with zero attached hydrogens (tertiary/aromatic N) is 2. The van der Waals surface area contributed by atoms with Crippen molar-refractivity contribution in [2.24, 2.45) is 0 Å². The molecule has 0 radical (unpaired) electrons. The van der Waals surface area contributed by atoms with E-state index in [0.29, 0.717) is 12.5 Å². The number of thiophene rings is 1. The molecule has 0 aliphatic carbocycles. The first-order valence-corrected chi connectivity index (χ1v) is 11.5. The van der Waals surface area contributed by atoms with Crippen molar-refractivity contribution in [3.63, 3.8) is 0 Å². The highest BCUT2D eigenvalue weighted by Gasteiger charge is 2.36. The second kappa shape index (κ2) is 8.07. The number of carbonyl (C=O) groups excluding carboxylic acids is 1. The van der Waals surface area contributed by atoms with Gasteiger partial charge in [-0.15, -0.1) is 11.3 Å². The van der Waals surface area contributed by atoms with Gasteiger partial charge in [-0.2, -0.15) is 4.31 Å². The Labute approximate surface area is 171 Å². The largest absolute Gasteiger partial charge is 0.339 e. The lowest BCUT2D eigenvalue weighted by Crippen LogP contribution is -2.54. The van der Waals surface area contributed by atoms with Gasteiger partial charge in [0.05, 0.1) is 10.9 Å². The summed E-state index contributed by atoms with van der Waals surface area (Å²) < 4.78 is 53.1. The van der Waals surface area contributed by atoms with E-state index in [9.17, 15) is 22.0 Å². The molecule has 3 heterocycles. The molecule has 0 bridgehead atoms. The summed E-state index contributed by atoms with van der Waals surface area (Å²) in [5.41, 5.74) is 6.16. The van der Waals surface area contributed by atoms with Crippen molar-refractivity contribution in [3.05, 3.63) is 52.2 Å². The molecule has 2 aliphatic rings. The molecule has 0 spiro atoms. The number of benzene rings is 1. The Hall–Kier alpha value is -1.92. The van der Waals surface area contributed by atoms with Crippen molar-refractivity contribution in [1.29, 1.82) is 0 Å². The van der Waals surface area contributed by atoms with Crippen LogP contribution in [0.3, 0.4) is 0 Å². The molecule has 1 aromatic carbocycles. The summed E-state index contributed by atoms with van der Waals surface area (Å²) in [6.45, 7) is 0.677. The van der Waals surface area contributed by atoms with Crippen molar-refractivity contribution in [3.8, 4) is 0 Å². The Kier molecular flexibility index (Phi) is 5.67. The molecule has 2 unspecified atom stereocenters. The van der Waals surface area contributed by atoms with Gasteiger partial charge in [-0.3, -0.25) is 4.79 Å². The number of hydrogen-bond acceptors (Lipinski definition) is 6. The fourth-order valence-electron chi connectivity index (χ4n) is 3.55. The molecule has 2 aromatic rings. The van der Waals surface area contributed by atoms with E-state index in [1.165, 1.54) is 4.31 Å². The van der Waals surface area contributed by atoms with Crippen LogP contribution >= 0.6 is 11.3 Å². The predicted molar refractivity (Wildman–Crippen MR) is 103 cm³/mol. The van der Waals surface area contributed by atoms with Crippen molar-refractivity contribution in [2.75, 3.05) is 26.2 Å². The Bertz CT molecular complexity index is 993. The normalized spacial score (nSPS) is 23.4. The first-order valence-electron chi connectivity index (χ1n) is 9.15. The molecule has 156 valence electrons. The van der Waals surface area contributed by atoms with E-state index < -0.39 is 21.7 Å². The molecule has 4 rings (SSSR count). The Balaban J connectivity index is 1.36. The fraction of sp³-hybridized carbons (Fsp3) is 0.389. The molecule has 7 nitrogen and oxygen atoms in total. The van der Waals surface area contributed by atoms with Crippen LogP contribution in [0, 0.1) is 11.6 Å². The van der Waals surface area contributed by atoms with Gasteiger partial charge >= 0.3 is 0 Å². The van der Waals surface area contributed by atoms with Crippen LogP contribution in [0.2, 0.25) is 0 Å². The highest BCUT2D eigenvalue weighted by Crippen LogP contribution is 2.27. The quantitative estimate of drug-likeness (QED) is 0.750. The van der Waals surface area contributed by atoms with Crippen molar-refractivity contribution in [2.45, 2.75) is 23.4 Å². The SMILES string of the molecule is O=C(C1CC(c2cccs2)NN1)N1CCN(S(=O)(=O)c2ccc(F)c(F)c2)CC1. The number of hydrazine groups is 1. The number of sulfonamides is 1. The van der Waals surface area contributed by atoms with E-state index in [1.807, 2.05) is 17.5 Å². The molecule has 0 saturated carbocycles. The molecule has 11 heteroatoms. The third kappa shape index (κ3) is 4.05. The van der Waals surface area contributed by atoms with Crippen LogP contribution in [0.1, 0.15) is 17.3 Å². The second-order valence-electron chi connectivity index (χ2n) is 6.95. The zero-order valence-corrected chi connectivity index (χ0v) is 17.0. The van der Waals surface area contributed by atoms with Gasteiger partial charge in [0.15, 0.2) is 11.6 Å². The Morgan fingerprint density at radius 3 is 2.48 bits per heavy atom. The standard InChI is InChI=1S/C18H20F2N4O3S2/c19-13-4-3-12(10-14(13)20)29(26,27)24-7-5-23(6-8-24)18(25)16-11-15(21-22-16)17-2-1-9-28-17/h1-4,9-10,15-16,21-22H,5-8,11H2. The minimum absolute atomic E-state index is 0.0685. The third-order valence-electron chi connectivity index (χ3n) is 5.17. The minimum atomic E-state index is -3.95. The van der Waals surface area contributed by atoms with Gasteiger partial charge in [0.2, 0.25) is 15.9 Å². The van der Waals surface area contributed by atoms with Gasteiger partial charge in [-0.25, -0.2) is 28.1 Å². The zero-order valence-electron chi connectivity index (χ0n) is 15.3. The molecule has 29 heavy (non-hydrogen) atoms. The van der Waals surface area contributed by atoms with E-state index in [2.05, 4.69) is 10.9 Å². The van der Waals surface area contributed by atoms with Crippen LogP contribution in [-0.2, 0) is 14.8 Å². The average Bonchev–Trinajstić information content (AvgIpc) is 3.41. The van der Waals surface area contributed by atoms with Gasteiger partial charge in [0.25, 0.3) is 0 Å². The summed E-state index contributed by atoms with van der Waals surface area (Å²) in [6, 6.07) is 6.19. The van der Waals surface area contributed by atoms with Crippen molar-refractivity contribution in [1.82, 2.24) is 20.1 Å². The number of piperazine rings is 1. The van der Waals surface area contributed by atoms with E-state index in [-0.39, 0.29) is 49.1 Å². The third-order valence-corrected chi connectivity index (χ3v) is 8.05. The maximum Gasteiger partial charge on any atom is 0.243 e. The highest BCUT2D eigenvalue weighted by molar-refractivity contribution is 7.89. The summed E-state index contributed by atoms with van der Waals surface area (Å²) in [5, 5.41) is 1.98. The molecular formula is C18H20F2N4O3S2. The smallest absolute Gasteiger partial charge is 0.243 e. The number of halogens is 2. The Morgan fingerprint density at radius 2 is 1.83 bits per heavy atom. The number of carbonyl (C=O) groups is 1. The lowest BCUT2D eigenvalue weighted by molar-refractivity contribution is -0.134. The number of amides is 1. The fourth-order valence-corrected chi connectivity index (χ4v) is 5.78. The predicted octanol–water partition coefficient (Wildman–Crippen LogP) is 1.47. The molecule has 2 atom stereocenters. The van der Waals surface area contributed by atoms with Crippen LogP contribution < -0.4 is 10.9 Å². The summed E-state index contributed by atoms with van der Waals surface area (Å²) in [5.74, 6) is -2.39. The van der Waals surface area contributed by atoms with Gasteiger partial charge < -0.3 is 4.90 Å². The topological polar surface area (TPSA) is 81.8 Å². The number of hydrogen-bond donors (Lipinski definition) is 2. The van der Waals surface area contributed by atoms with Crippen molar-refractivity contribution >= 4 is 27.3 Å². The van der Waals surface area contributed by atoms with Crippen LogP contribution in [0.5, 0.6) is 0 Å². The van der Waals surface area contributed by atoms with E-state index >= 15 is 0 Å². The summed E-state index contributed by atoms with van der Waals surface area (Å²) in [6.07, 6.45) is 0.618. The first kappa shape index (κ1) is 20.4. The summed E-state index contributed by atoms with van der Waals surface area (Å²) in [4.78, 5) is 15.3. The summed E-state index contributed by atoms with van der Waals surface area (Å²) in [7, 11) is -3.95. The lowest BCUT2D eigenvalue weighted by Gasteiger charge is -2.35. The van der Waals surface area contributed by atoms with Gasteiger partial charge in [0, 0.05) is 31.1 Å². The number of rotatable bonds is 4. The summed E-state index contributed by atoms with van der Waals surface area (Å²) >= 11 is 1.62. The van der Waals surface area contributed by atoms with Gasteiger partial charge in [0.1, 0.15) is 6.04 Å². The molecule has 2 saturated heterocycles. The zero-order chi connectivity index (χ0) is 20.6. The van der Waals surface area contributed by atoms with E-state index in [4.69, 9.17) is 0 Å². The van der Waals surface area contributed by atoms with Crippen molar-refractivity contribution < 1.29 is 22.0 Å². The molecule has 2 aliphatic heterocycles. The van der Waals surface area contributed by atoms with Gasteiger partial charge in [-0.1, -0.05) is 6.07 Å². The van der Waals surface area contributed by atoms with E-state index in [1.54, 1.807) is 16.2 Å². The first-order chi connectivity index (χ1) is 13.9. The van der Waals surface area contributed by atoms with Crippen LogP contribution in [0.25, 0.3) is 0 Å². The monoisotopic (exact) mass is 442 g/mol. The van der Waals surface area contributed by atoms with Crippen LogP contribution in [-0.4, -0.2) is 55.8 Å². The van der Waals surface area contributed by atoms with Crippen LogP contribution in [0.15, 0.2) is 40.6 Å². The molecule has 1 aromatic heterocycles. The van der Waals surface area contributed by atoms with Crippen LogP contribution in [0.4, 0.5) is 8.78 Å². The average molecular weight is 443 g/mol.